The van der Waals surface area contributed by atoms with Gasteiger partial charge in [0.2, 0.25) is 0 Å². The van der Waals surface area contributed by atoms with Gasteiger partial charge in [0.1, 0.15) is 0 Å². The van der Waals surface area contributed by atoms with Crippen LogP contribution in [0.5, 0.6) is 0 Å². The van der Waals surface area contributed by atoms with E-state index in [9.17, 15) is 4.79 Å². The first-order valence-corrected chi connectivity index (χ1v) is 5.07. The van der Waals surface area contributed by atoms with E-state index in [0.717, 1.165) is 18.4 Å². The van der Waals surface area contributed by atoms with Crippen molar-refractivity contribution in [1.29, 1.82) is 0 Å². The lowest BCUT2D eigenvalue weighted by Crippen LogP contribution is -1.91. The molecule has 0 bridgehead atoms. The van der Waals surface area contributed by atoms with E-state index in [1.165, 1.54) is 0 Å². The van der Waals surface area contributed by atoms with Gasteiger partial charge in [-0.05, 0) is 12.0 Å². The molecule has 0 aliphatic heterocycles. The molecule has 3 nitrogen and oxygen atoms in total. The Bertz CT molecular complexity index is 257. The molecule has 0 spiro atoms. The lowest BCUT2D eigenvalue weighted by Gasteiger charge is -1.89. The van der Waals surface area contributed by atoms with Gasteiger partial charge in [0.15, 0.2) is 0 Å². The van der Waals surface area contributed by atoms with Gasteiger partial charge in [0.05, 0.1) is 6.61 Å². The van der Waals surface area contributed by atoms with Gasteiger partial charge in [-0.3, -0.25) is 4.79 Å². The van der Waals surface area contributed by atoms with Gasteiger partial charge in [-0.25, -0.2) is 0 Å². The van der Waals surface area contributed by atoms with Crippen LogP contribution in [0.1, 0.15) is 31.7 Å². The monoisotopic (exact) mass is 210 g/mol. The second-order valence-corrected chi connectivity index (χ2v) is 3.14. The van der Waals surface area contributed by atoms with Crippen molar-refractivity contribution < 1.29 is 15.0 Å². The summed E-state index contributed by atoms with van der Waals surface area (Å²) in [4.78, 5) is 9.76. The molecular formula is C12H18O3. The largest absolute Gasteiger partial charge is 0.481 e. The number of rotatable bonds is 4. The standard InChI is InChI=1S/C7H8O.C5H10O2/c8-6-7-4-2-1-3-5-7;1-2-3-4-5(6)7/h1-5,8H,6H2;2-4H2,1H3,(H,6,7). The molecule has 0 saturated heterocycles. The summed E-state index contributed by atoms with van der Waals surface area (Å²) in [7, 11) is 0. The van der Waals surface area contributed by atoms with E-state index in [-0.39, 0.29) is 6.61 Å². The van der Waals surface area contributed by atoms with Crippen molar-refractivity contribution in [3.63, 3.8) is 0 Å². The minimum atomic E-state index is -0.693. The molecule has 0 amide bonds. The summed E-state index contributed by atoms with van der Waals surface area (Å²) >= 11 is 0. The highest BCUT2D eigenvalue weighted by Crippen LogP contribution is 1.95. The van der Waals surface area contributed by atoms with Crippen LogP contribution >= 0.6 is 0 Å². The number of aliphatic hydroxyl groups excluding tert-OH is 1. The molecule has 0 aliphatic carbocycles. The summed E-state index contributed by atoms with van der Waals surface area (Å²) in [6.45, 7) is 2.11. The highest BCUT2D eigenvalue weighted by atomic mass is 16.4. The fraction of sp³-hybridized carbons (Fsp3) is 0.417. The van der Waals surface area contributed by atoms with Gasteiger partial charge in [0, 0.05) is 6.42 Å². The average Bonchev–Trinajstić information content (AvgIpc) is 2.28. The number of aliphatic carboxylic acids is 1. The lowest BCUT2D eigenvalue weighted by atomic mass is 10.2. The minimum absolute atomic E-state index is 0.140. The third-order valence-corrected chi connectivity index (χ3v) is 1.77. The van der Waals surface area contributed by atoms with Gasteiger partial charge >= 0.3 is 5.97 Å². The maximum absolute atomic E-state index is 9.76. The zero-order valence-corrected chi connectivity index (χ0v) is 9.02. The molecule has 1 aromatic carbocycles. The molecule has 1 aromatic rings. The Balaban J connectivity index is 0.000000265. The Labute approximate surface area is 90.4 Å². The number of carboxylic acids is 1. The molecular weight excluding hydrogens is 192 g/mol. The Morgan fingerprint density at radius 2 is 1.87 bits per heavy atom. The van der Waals surface area contributed by atoms with E-state index in [1.807, 2.05) is 37.3 Å². The van der Waals surface area contributed by atoms with Crippen molar-refractivity contribution in [3.8, 4) is 0 Å². The molecule has 0 saturated carbocycles. The fourth-order valence-electron chi connectivity index (χ4n) is 0.911. The topological polar surface area (TPSA) is 57.5 Å². The average molecular weight is 210 g/mol. The number of hydrogen-bond donors (Lipinski definition) is 2. The van der Waals surface area contributed by atoms with Gasteiger partial charge in [-0.2, -0.15) is 0 Å². The Morgan fingerprint density at radius 1 is 1.27 bits per heavy atom. The molecule has 3 heteroatoms. The van der Waals surface area contributed by atoms with E-state index < -0.39 is 5.97 Å². The fourth-order valence-corrected chi connectivity index (χ4v) is 0.911. The highest BCUT2D eigenvalue weighted by molar-refractivity contribution is 5.66. The van der Waals surface area contributed by atoms with Crippen LogP contribution < -0.4 is 0 Å². The number of carbonyl (C=O) groups is 1. The molecule has 15 heavy (non-hydrogen) atoms. The van der Waals surface area contributed by atoms with Crippen LogP contribution in [0.3, 0.4) is 0 Å². The van der Waals surface area contributed by atoms with E-state index in [0.29, 0.717) is 6.42 Å². The van der Waals surface area contributed by atoms with E-state index in [1.54, 1.807) is 0 Å². The zero-order chi connectivity index (χ0) is 11.5. The van der Waals surface area contributed by atoms with Crippen molar-refractivity contribution in [3.05, 3.63) is 35.9 Å². The van der Waals surface area contributed by atoms with Crippen LogP contribution in [-0.2, 0) is 11.4 Å². The summed E-state index contributed by atoms with van der Waals surface area (Å²) in [6, 6.07) is 9.52. The Morgan fingerprint density at radius 3 is 2.13 bits per heavy atom. The molecule has 0 radical (unpaired) electrons. The first kappa shape index (κ1) is 13.7. The second kappa shape index (κ2) is 9.21. The van der Waals surface area contributed by atoms with Crippen LogP contribution in [0.15, 0.2) is 30.3 Å². The quantitative estimate of drug-likeness (QED) is 0.802. The summed E-state index contributed by atoms with van der Waals surface area (Å²) in [5, 5.41) is 16.6. The SMILES string of the molecule is CCCCC(=O)O.OCc1ccccc1. The van der Waals surface area contributed by atoms with Crippen LogP contribution in [0.4, 0.5) is 0 Å². The molecule has 0 heterocycles. The molecule has 1 rings (SSSR count). The number of aliphatic hydroxyl groups is 1. The molecule has 0 aliphatic rings. The smallest absolute Gasteiger partial charge is 0.303 e. The molecule has 84 valence electrons. The molecule has 0 fully saturated rings. The number of carboxylic acid groups (broad SMARTS) is 1. The predicted molar refractivity (Wildman–Crippen MR) is 59.5 cm³/mol. The van der Waals surface area contributed by atoms with Crippen molar-refractivity contribution in [2.24, 2.45) is 0 Å². The second-order valence-electron chi connectivity index (χ2n) is 3.14. The summed E-state index contributed by atoms with van der Waals surface area (Å²) in [6.07, 6.45) is 2.08. The molecule has 0 unspecified atom stereocenters. The zero-order valence-electron chi connectivity index (χ0n) is 9.02. The van der Waals surface area contributed by atoms with Gasteiger partial charge < -0.3 is 10.2 Å². The highest BCUT2D eigenvalue weighted by Gasteiger charge is 1.90. The van der Waals surface area contributed by atoms with Gasteiger partial charge in [-0.1, -0.05) is 43.7 Å². The van der Waals surface area contributed by atoms with Crippen molar-refractivity contribution in [1.82, 2.24) is 0 Å². The molecule has 0 aromatic heterocycles. The van der Waals surface area contributed by atoms with Crippen LogP contribution in [0.25, 0.3) is 0 Å². The molecule has 0 atom stereocenters. The maximum Gasteiger partial charge on any atom is 0.303 e. The first-order chi connectivity index (χ1) is 7.20. The molecule has 2 N–H and O–H groups in total. The Hall–Kier alpha value is -1.35. The third-order valence-electron chi connectivity index (χ3n) is 1.77. The predicted octanol–water partition coefficient (Wildman–Crippen LogP) is 2.44. The summed E-state index contributed by atoms with van der Waals surface area (Å²) < 4.78 is 0. The van der Waals surface area contributed by atoms with Crippen LogP contribution in [0, 0.1) is 0 Å². The van der Waals surface area contributed by atoms with Crippen LogP contribution in [-0.4, -0.2) is 16.2 Å². The number of unbranched alkanes of at least 4 members (excludes halogenated alkanes) is 1. The van der Waals surface area contributed by atoms with Crippen molar-refractivity contribution >= 4 is 5.97 Å². The number of hydrogen-bond acceptors (Lipinski definition) is 2. The van der Waals surface area contributed by atoms with Crippen LogP contribution in [0.2, 0.25) is 0 Å². The van der Waals surface area contributed by atoms with Crippen molar-refractivity contribution in [2.75, 3.05) is 0 Å². The maximum atomic E-state index is 9.76. The Kier molecular flexibility index (Phi) is 8.39. The minimum Gasteiger partial charge on any atom is -0.481 e. The third kappa shape index (κ3) is 8.97. The number of benzene rings is 1. The summed E-state index contributed by atoms with van der Waals surface area (Å²) in [5.74, 6) is -0.693. The van der Waals surface area contributed by atoms with Gasteiger partial charge in [0.25, 0.3) is 0 Å². The summed E-state index contributed by atoms with van der Waals surface area (Å²) in [5.41, 5.74) is 0.965. The van der Waals surface area contributed by atoms with E-state index in [4.69, 9.17) is 10.2 Å². The van der Waals surface area contributed by atoms with Gasteiger partial charge in [-0.15, -0.1) is 0 Å². The van der Waals surface area contributed by atoms with E-state index in [2.05, 4.69) is 0 Å². The van der Waals surface area contributed by atoms with Crippen molar-refractivity contribution in [2.45, 2.75) is 32.8 Å². The lowest BCUT2D eigenvalue weighted by molar-refractivity contribution is -0.137. The van der Waals surface area contributed by atoms with E-state index >= 15 is 0 Å². The normalized spacial score (nSPS) is 8.93. The first-order valence-electron chi connectivity index (χ1n) is 5.07.